The SMILES string of the molecule is COc1ccc(C)c2c1O[C@H]1C(=O)CC[C@@]3(O)[C@@H](C)CCC[C@]213. The van der Waals surface area contributed by atoms with Crippen molar-refractivity contribution >= 4 is 5.78 Å². The minimum atomic E-state index is -0.883. The van der Waals surface area contributed by atoms with E-state index in [9.17, 15) is 9.90 Å². The summed E-state index contributed by atoms with van der Waals surface area (Å²) < 4.78 is 11.6. The minimum absolute atomic E-state index is 0.112. The fourth-order valence-electron chi connectivity index (χ4n) is 5.38. The van der Waals surface area contributed by atoms with Crippen LogP contribution in [-0.2, 0) is 10.2 Å². The van der Waals surface area contributed by atoms with E-state index < -0.39 is 17.1 Å². The Balaban J connectivity index is 2.03. The van der Waals surface area contributed by atoms with Crippen molar-refractivity contribution in [3.8, 4) is 11.5 Å². The maximum Gasteiger partial charge on any atom is 0.174 e. The molecule has 1 N–H and O–H groups in total. The van der Waals surface area contributed by atoms with Gasteiger partial charge < -0.3 is 14.6 Å². The number of benzene rings is 1. The number of carbonyl (C=O) groups excluding carboxylic acids is 1. The third kappa shape index (κ3) is 1.63. The van der Waals surface area contributed by atoms with Gasteiger partial charge in [-0.3, -0.25) is 4.79 Å². The van der Waals surface area contributed by atoms with Crippen LogP contribution < -0.4 is 9.47 Å². The third-order valence-corrected chi connectivity index (χ3v) is 6.52. The zero-order valence-electron chi connectivity index (χ0n) is 14.0. The van der Waals surface area contributed by atoms with Crippen LogP contribution in [0.5, 0.6) is 11.5 Å². The quantitative estimate of drug-likeness (QED) is 0.865. The summed E-state index contributed by atoms with van der Waals surface area (Å²) in [5.41, 5.74) is 0.578. The number of rotatable bonds is 1. The Kier molecular flexibility index (Phi) is 3.08. The van der Waals surface area contributed by atoms with Gasteiger partial charge in [-0.15, -0.1) is 0 Å². The van der Waals surface area contributed by atoms with E-state index in [1.165, 1.54) is 0 Å². The van der Waals surface area contributed by atoms with Gasteiger partial charge in [0.25, 0.3) is 0 Å². The van der Waals surface area contributed by atoms with E-state index in [1.54, 1.807) is 7.11 Å². The molecular weight excluding hydrogens is 292 g/mol. The molecule has 23 heavy (non-hydrogen) atoms. The third-order valence-electron chi connectivity index (χ3n) is 6.52. The second-order valence-corrected chi connectivity index (χ2v) is 7.44. The first-order valence-electron chi connectivity index (χ1n) is 8.55. The lowest BCUT2D eigenvalue weighted by Gasteiger charge is -2.56. The maximum absolute atomic E-state index is 12.7. The van der Waals surface area contributed by atoms with Crippen molar-refractivity contribution in [3.63, 3.8) is 0 Å². The molecule has 3 aliphatic rings. The van der Waals surface area contributed by atoms with Crippen LogP contribution in [0.15, 0.2) is 12.1 Å². The molecule has 124 valence electrons. The minimum Gasteiger partial charge on any atom is -0.493 e. The summed E-state index contributed by atoms with van der Waals surface area (Å²) in [4.78, 5) is 12.7. The number of ketones is 1. The van der Waals surface area contributed by atoms with E-state index >= 15 is 0 Å². The highest BCUT2D eigenvalue weighted by molar-refractivity contribution is 5.89. The summed E-state index contributed by atoms with van der Waals surface area (Å²) in [5.74, 6) is 1.59. The molecule has 0 unspecified atom stereocenters. The molecule has 0 aromatic heterocycles. The van der Waals surface area contributed by atoms with Crippen LogP contribution in [0.1, 0.15) is 50.2 Å². The molecular formula is C19H24O4. The number of aliphatic hydroxyl groups is 1. The number of hydrogen-bond acceptors (Lipinski definition) is 4. The molecule has 1 aromatic carbocycles. The van der Waals surface area contributed by atoms with E-state index in [-0.39, 0.29) is 11.7 Å². The van der Waals surface area contributed by atoms with Crippen LogP contribution in [0, 0.1) is 12.8 Å². The number of ether oxygens (including phenoxy) is 2. The Morgan fingerprint density at radius 1 is 1.35 bits per heavy atom. The number of hydrogen-bond donors (Lipinski definition) is 1. The summed E-state index contributed by atoms with van der Waals surface area (Å²) in [6, 6.07) is 3.90. The van der Waals surface area contributed by atoms with E-state index in [0.717, 1.165) is 30.4 Å². The molecule has 1 aliphatic heterocycles. The number of aryl methyl sites for hydroxylation is 1. The van der Waals surface area contributed by atoms with Gasteiger partial charge in [0.2, 0.25) is 0 Å². The number of Topliss-reactive ketones (excluding diaryl/α,β-unsaturated/α-hetero) is 1. The molecule has 2 saturated carbocycles. The topological polar surface area (TPSA) is 55.8 Å². The van der Waals surface area contributed by atoms with Crippen LogP contribution in [0.25, 0.3) is 0 Å². The van der Waals surface area contributed by atoms with Crippen LogP contribution in [-0.4, -0.2) is 29.7 Å². The monoisotopic (exact) mass is 316 g/mol. The lowest BCUT2D eigenvalue weighted by molar-refractivity contribution is -0.171. The number of methoxy groups -OCH3 is 1. The molecule has 2 aliphatic carbocycles. The normalized spacial score (nSPS) is 38.3. The highest BCUT2D eigenvalue weighted by atomic mass is 16.5. The Morgan fingerprint density at radius 2 is 2.13 bits per heavy atom. The number of carbonyl (C=O) groups is 1. The molecule has 2 fully saturated rings. The molecule has 4 heteroatoms. The largest absolute Gasteiger partial charge is 0.493 e. The summed E-state index contributed by atoms with van der Waals surface area (Å²) in [7, 11) is 1.62. The average Bonchev–Trinajstić information content (AvgIpc) is 2.89. The van der Waals surface area contributed by atoms with Crippen LogP contribution in [0.4, 0.5) is 0 Å². The van der Waals surface area contributed by atoms with Gasteiger partial charge in [-0.25, -0.2) is 0 Å². The Morgan fingerprint density at radius 3 is 2.87 bits per heavy atom. The zero-order chi connectivity index (χ0) is 16.4. The second-order valence-electron chi connectivity index (χ2n) is 7.44. The fraction of sp³-hybridized carbons (Fsp3) is 0.632. The zero-order valence-corrected chi connectivity index (χ0v) is 14.0. The lowest BCUT2D eigenvalue weighted by Crippen LogP contribution is -2.67. The van der Waals surface area contributed by atoms with Crippen molar-refractivity contribution in [2.45, 2.75) is 63.1 Å². The van der Waals surface area contributed by atoms with Gasteiger partial charge in [-0.1, -0.05) is 19.4 Å². The van der Waals surface area contributed by atoms with Gasteiger partial charge in [0.15, 0.2) is 23.4 Å². The molecule has 4 rings (SSSR count). The molecule has 4 nitrogen and oxygen atoms in total. The standard InChI is InChI=1S/C19H24O4/c1-11-6-7-14(22-3)16-15(11)18-9-4-5-12(2)19(18,21)10-8-13(20)17(18)23-16/h6-7,12,17,21H,4-5,8-10H2,1-3H3/t12-,17-,18-,19+/m0/s1. The summed E-state index contributed by atoms with van der Waals surface area (Å²) >= 11 is 0. The van der Waals surface area contributed by atoms with E-state index in [1.807, 2.05) is 19.1 Å². The van der Waals surface area contributed by atoms with Gasteiger partial charge in [-0.2, -0.15) is 0 Å². The van der Waals surface area contributed by atoms with Crippen molar-refractivity contribution in [1.82, 2.24) is 0 Å². The van der Waals surface area contributed by atoms with Crippen molar-refractivity contribution in [3.05, 3.63) is 23.3 Å². The summed E-state index contributed by atoms with van der Waals surface area (Å²) in [6.07, 6.45) is 3.15. The fourth-order valence-corrected chi connectivity index (χ4v) is 5.38. The molecule has 1 aromatic rings. The summed E-state index contributed by atoms with van der Waals surface area (Å²) in [6.45, 7) is 4.15. The van der Waals surface area contributed by atoms with Crippen molar-refractivity contribution in [1.29, 1.82) is 0 Å². The smallest absolute Gasteiger partial charge is 0.174 e. The highest BCUT2D eigenvalue weighted by Crippen LogP contribution is 2.63. The lowest BCUT2D eigenvalue weighted by atomic mass is 9.49. The van der Waals surface area contributed by atoms with Gasteiger partial charge in [0, 0.05) is 12.0 Å². The van der Waals surface area contributed by atoms with E-state index in [4.69, 9.17) is 9.47 Å². The predicted molar refractivity (Wildman–Crippen MR) is 86.0 cm³/mol. The predicted octanol–water partition coefficient (Wildman–Crippen LogP) is 2.92. The van der Waals surface area contributed by atoms with Gasteiger partial charge in [0.1, 0.15) is 0 Å². The second kappa shape index (κ2) is 4.73. The van der Waals surface area contributed by atoms with Gasteiger partial charge >= 0.3 is 0 Å². The first kappa shape index (κ1) is 15.0. The van der Waals surface area contributed by atoms with Crippen LogP contribution >= 0.6 is 0 Å². The first-order valence-corrected chi connectivity index (χ1v) is 8.55. The number of fused-ring (bicyclic) bond motifs is 1. The molecule has 0 amide bonds. The summed E-state index contributed by atoms with van der Waals surface area (Å²) in [5, 5.41) is 11.7. The van der Waals surface area contributed by atoms with Crippen LogP contribution in [0.3, 0.4) is 0 Å². The molecule has 0 radical (unpaired) electrons. The molecule has 1 heterocycles. The maximum atomic E-state index is 12.7. The van der Waals surface area contributed by atoms with E-state index in [2.05, 4.69) is 6.92 Å². The molecule has 0 bridgehead atoms. The average molecular weight is 316 g/mol. The highest BCUT2D eigenvalue weighted by Gasteiger charge is 2.69. The molecule has 4 atom stereocenters. The van der Waals surface area contributed by atoms with E-state index in [0.29, 0.717) is 24.3 Å². The van der Waals surface area contributed by atoms with Gasteiger partial charge in [-0.05, 0) is 43.7 Å². The van der Waals surface area contributed by atoms with Crippen LogP contribution in [0.2, 0.25) is 0 Å². The molecule has 0 saturated heterocycles. The molecule has 1 spiro atoms. The van der Waals surface area contributed by atoms with Crippen molar-refractivity contribution in [2.75, 3.05) is 7.11 Å². The Bertz CT molecular complexity index is 682. The van der Waals surface area contributed by atoms with Gasteiger partial charge in [0.05, 0.1) is 18.1 Å². The van der Waals surface area contributed by atoms with Crippen molar-refractivity contribution < 1.29 is 19.4 Å². The first-order chi connectivity index (χ1) is 11.0. The van der Waals surface area contributed by atoms with Crippen molar-refractivity contribution in [2.24, 2.45) is 5.92 Å². The Labute approximate surface area is 136 Å². The Hall–Kier alpha value is -1.55.